The first-order valence-electron chi connectivity index (χ1n) is 10.4. The third kappa shape index (κ3) is 7.89. The van der Waals surface area contributed by atoms with E-state index in [1.54, 1.807) is 36.4 Å². The molecule has 0 bridgehead atoms. The molecule has 3 amide bonds. The van der Waals surface area contributed by atoms with Gasteiger partial charge in [0.1, 0.15) is 5.75 Å². The van der Waals surface area contributed by atoms with E-state index in [9.17, 15) is 14.4 Å². The number of aryl methyl sites for hydroxylation is 1. The minimum Gasteiger partial charge on any atom is -0.484 e. The molecule has 33 heavy (non-hydrogen) atoms. The molecule has 10 heteroatoms. The maximum atomic E-state index is 12.1. The van der Waals surface area contributed by atoms with Crippen LogP contribution in [0, 0.1) is 6.92 Å². The van der Waals surface area contributed by atoms with E-state index >= 15 is 0 Å². The quantitative estimate of drug-likeness (QED) is 0.310. The molecule has 3 N–H and O–H groups in total. The van der Waals surface area contributed by atoms with Crippen LogP contribution in [0.1, 0.15) is 24.0 Å². The number of anilines is 1. The van der Waals surface area contributed by atoms with Crippen LogP contribution in [0.2, 0.25) is 5.02 Å². The molecular formula is C23H25ClN4O5. The molecule has 9 nitrogen and oxygen atoms in total. The van der Waals surface area contributed by atoms with Crippen molar-refractivity contribution in [2.45, 2.75) is 25.9 Å². The van der Waals surface area contributed by atoms with Crippen LogP contribution in [0.25, 0.3) is 0 Å². The van der Waals surface area contributed by atoms with Gasteiger partial charge in [-0.05, 0) is 55.2 Å². The number of carbonyl (C=O) groups excluding carboxylic acids is 3. The maximum absolute atomic E-state index is 12.1. The van der Waals surface area contributed by atoms with Crippen molar-refractivity contribution >= 4 is 41.2 Å². The minimum absolute atomic E-state index is 0.0511. The Morgan fingerprint density at radius 1 is 1.21 bits per heavy atom. The molecule has 1 saturated heterocycles. The highest BCUT2D eigenvalue weighted by molar-refractivity contribution is 6.35. The SMILES string of the molecule is Cc1ccc(NC(=O)COc2cccc(/C=N\NC(=O)C(=O)NC[C@@H]3CCCO3)c2)cc1Cl. The summed E-state index contributed by atoms with van der Waals surface area (Å²) in [6, 6.07) is 12.0. The molecule has 174 valence electrons. The predicted molar refractivity (Wildman–Crippen MR) is 124 cm³/mol. The van der Waals surface area contributed by atoms with Gasteiger partial charge in [0.15, 0.2) is 6.61 Å². The highest BCUT2D eigenvalue weighted by Gasteiger charge is 2.18. The zero-order chi connectivity index (χ0) is 23.6. The van der Waals surface area contributed by atoms with Crippen LogP contribution in [0.4, 0.5) is 5.69 Å². The topological polar surface area (TPSA) is 118 Å². The monoisotopic (exact) mass is 472 g/mol. The molecule has 0 aliphatic carbocycles. The standard InChI is InChI=1S/C23H25ClN4O5/c1-15-7-8-17(11-20(15)24)27-21(29)14-33-18-5-2-4-16(10-18)12-26-28-23(31)22(30)25-13-19-6-3-9-32-19/h2,4-5,7-8,10-12,19H,3,6,9,13-14H2,1H3,(H,25,30)(H,27,29)(H,28,31)/b26-12-/t19-/m0/s1. The molecule has 1 atom stereocenters. The van der Waals surface area contributed by atoms with Gasteiger partial charge in [-0.25, -0.2) is 5.43 Å². The van der Waals surface area contributed by atoms with Gasteiger partial charge in [0.25, 0.3) is 5.91 Å². The summed E-state index contributed by atoms with van der Waals surface area (Å²) in [5.74, 6) is -1.54. The molecule has 3 rings (SSSR count). The first-order chi connectivity index (χ1) is 15.9. The molecular weight excluding hydrogens is 448 g/mol. The van der Waals surface area contributed by atoms with Gasteiger partial charge in [-0.1, -0.05) is 29.8 Å². The second-order valence-corrected chi connectivity index (χ2v) is 7.82. The second-order valence-electron chi connectivity index (χ2n) is 7.42. The molecule has 2 aromatic carbocycles. The number of hydrogen-bond donors (Lipinski definition) is 3. The molecule has 0 radical (unpaired) electrons. The van der Waals surface area contributed by atoms with Gasteiger partial charge >= 0.3 is 11.8 Å². The van der Waals surface area contributed by atoms with Crippen molar-refractivity contribution in [1.82, 2.24) is 10.7 Å². The van der Waals surface area contributed by atoms with Crippen molar-refractivity contribution in [3.05, 3.63) is 58.6 Å². The van der Waals surface area contributed by atoms with Gasteiger partial charge in [-0.3, -0.25) is 14.4 Å². The first-order valence-corrected chi connectivity index (χ1v) is 10.8. The van der Waals surface area contributed by atoms with Crippen molar-refractivity contribution in [2.75, 3.05) is 25.1 Å². The lowest BCUT2D eigenvalue weighted by atomic mass is 10.2. The number of rotatable bonds is 8. The Bertz CT molecular complexity index is 1040. The van der Waals surface area contributed by atoms with Gasteiger partial charge in [0.05, 0.1) is 12.3 Å². The van der Waals surface area contributed by atoms with E-state index in [0.717, 1.165) is 18.4 Å². The van der Waals surface area contributed by atoms with Crippen molar-refractivity contribution < 1.29 is 23.9 Å². The number of nitrogens with zero attached hydrogens (tertiary/aromatic N) is 1. The number of nitrogens with one attached hydrogen (secondary N) is 3. The third-order valence-corrected chi connectivity index (χ3v) is 5.19. The van der Waals surface area contributed by atoms with Crippen molar-refractivity contribution in [3.8, 4) is 5.75 Å². The number of ether oxygens (including phenoxy) is 2. The number of hydrazone groups is 1. The minimum atomic E-state index is -0.871. The van der Waals surface area contributed by atoms with Gasteiger partial charge in [0, 0.05) is 23.9 Å². The molecule has 0 aromatic heterocycles. The lowest BCUT2D eigenvalue weighted by Crippen LogP contribution is -2.41. The average Bonchev–Trinajstić information content (AvgIpc) is 3.32. The smallest absolute Gasteiger partial charge is 0.329 e. The largest absolute Gasteiger partial charge is 0.484 e. The van der Waals surface area contributed by atoms with E-state index in [2.05, 4.69) is 21.2 Å². The van der Waals surface area contributed by atoms with Gasteiger partial charge in [-0.15, -0.1) is 0 Å². The molecule has 1 aliphatic heterocycles. The highest BCUT2D eigenvalue weighted by Crippen LogP contribution is 2.20. The van der Waals surface area contributed by atoms with Crippen LogP contribution in [0.15, 0.2) is 47.6 Å². The lowest BCUT2D eigenvalue weighted by Gasteiger charge is -2.09. The molecule has 0 unspecified atom stereocenters. The number of benzene rings is 2. The van der Waals surface area contributed by atoms with E-state index in [-0.39, 0.29) is 18.6 Å². The summed E-state index contributed by atoms with van der Waals surface area (Å²) in [5.41, 5.74) is 4.28. The highest BCUT2D eigenvalue weighted by atomic mass is 35.5. The predicted octanol–water partition coefficient (Wildman–Crippen LogP) is 2.41. The van der Waals surface area contributed by atoms with Crippen LogP contribution >= 0.6 is 11.6 Å². The zero-order valence-corrected chi connectivity index (χ0v) is 18.9. The van der Waals surface area contributed by atoms with Gasteiger partial charge < -0.3 is 20.1 Å². The summed E-state index contributed by atoms with van der Waals surface area (Å²) in [6.07, 6.45) is 3.13. The number of amides is 3. The van der Waals surface area contributed by atoms with E-state index < -0.39 is 11.8 Å². The Hall–Kier alpha value is -3.43. The summed E-state index contributed by atoms with van der Waals surface area (Å²) in [6.45, 7) is 2.64. The van der Waals surface area contributed by atoms with E-state index in [1.165, 1.54) is 6.21 Å². The fourth-order valence-electron chi connectivity index (χ4n) is 3.01. The number of carbonyl (C=O) groups is 3. The molecule has 0 spiro atoms. The van der Waals surface area contributed by atoms with Crippen LogP contribution in [0.3, 0.4) is 0 Å². The summed E-state index contributed by atoms with van der Waals surface area (Å²) >= 11 is 6.06. The normalized spacial score (nSPS) is 15.3. The Labute approximate surface area is 196 Å². The third-order valence-electron chi connectivity index (χ3n) is 4.78. The fourth-order valence-corrected chi connectivity index (χ4v) is 3.19. The van der Waals surface area contributed by atoms with Crippen molar-refractivity contribution in [3.63, 3.8) is 0 Å². The number of hydrogen-bond acceptors (Lipinski definition) is 6. The summed E-state index contributed by atoms with van der Waals surface area (Å²) in [5, 5.41) is 9.58. The lowest BCUT2D eigenvalue weighted by molar-refractivity contribution is -0.139. The second kappa shape index (κ2) is 12.0. The number of halogens is 1. The molecule has 1 aliphatic rings. The van der Waals surface area contributed by atoms with Gasteiger partial charge in [-0.2, -0.15) is 5.10 Å². The molecule has 1 heterocycles. The summed E-state index contributed by atoms with van der Waals surface area (Å²) < 4.78 is 10.9. The maximum Gasteiger partial charge on any atom is 0.329 e. The van der Waals surface area contributed by atoms with Crippen LogP contribution in [0.5, 0.6) is 5.75 Å². The molecule has 0 saturated carbocycles. The summed E-state index contributed by atoms with van der Waals surface area (Å²) in [7, 11) is 0. The molecule has 1 fully saturated rings. The Kier molecular flexibility index (Phi) is 8.79. The first kappa shape index (κ1) is 24.2. The van der Waals surface area contributed by atoms with Crippen molar-refractivity contribution in [2.24, 2.45) is 5.10 Å². The Balaban J connectivity index is 1.43. The van der Waals surface area contributed by atoms with E-state index in [4.69, 9.17) is 21.1 Å². The van der Waals surface area contributed by atoms with Gasteiger partial charge in [0.2, 0.25) is 0 Å². The Morgan fingerprint density at radius 3 is 2.82 bits per heavy atom. The zero-order valence-electron chi connectivity index (χ0n) is 18.1. The van der Waals surface area contributed by atoms with Crippen LogP contribution in [-0.4, -0.2) is 49.8 Å². The van der Waals surface area contributed by atoms with Crippen molar-refractivity contribution in [1.29, 1.82) is 0 Å². The summed E-state index contributed by atoms with van der Waals surface area (Å²) in [4.78, 5) is 35.7. The van der Waals surface area contributed by atoms with Crippen LogP contribution in [-0.2, 0) is 19.1 Å². The Morgan fingerprint density at radius 2 is 2.06 bits per heavy atom. The van der Waals surface area contributed by atoms with E-state index in [0.29, 0.717) is 35.2 Å². The van der Waals surface area contributed by atoms with E-state index in [1.807, 2.05) is 13.0 Å². The van der Waals surface area contributed by atoms with Crippen LogP contribution < -0.4 is 20.8 Å². The average molecular weight is 473 g/mol. The molecule has 2 aromatic rings. The fraction of sp³-hybridized carbons (Fsp3) is 0.304.